The van der Waals surface area contributed by atoms with Crippen LogP contribution in [0.15, 0.2) is 46.8 Å². The molecule has 0 fully saturated rings. The lowest BCUT2D eigenvalue weighted by Crippen LogP contribution is -2.45. The minimum Gasteiger partial charge on any atom is -0.496 e. The number of hydrogen-bond acceptors (Lipinski definition) is 7. The molecule has 164 valence electrons. The van der Waals surface area contributed by atoms with Crippen LogP contribution in [0.1, 0.15) is 33.4 Å². The van der Waals surface area contributed by atoms with E-state index in [1.54, 1.807) is 30.2 Å². The molecule has 0 spiro atoms. The highest BCUT2D eigenvalue weighted by atomic mass is 32.2. The van der Waals surface area contributed by atoms with E-state index < -0.39 is 12.0 Å². The van der Waals surface area contributed by atoms with Crippen molar-refractivity contribution < 1.29 is 14.6 Å². The average molecular weight is 467 g/mol. The molecule has 1 aliphatic rings. The zero-order valence-corrected chi connectivity index (χ0v) is 19.2. The van der Waals surface area contributed by atoms with Gasteiger partial charge < -0.3 is 14.8 Å². The molecule has 1 aliphatic heterocycles. The Kier molecular flexibility index (Phi) is 5.62. The normalized spacial score (nSPS) is 17.9. The van der Waals surface area contributed by atoms with E-state index in [9.17, 15) is 9.90 Å². The zero-order chi connectivity index (χ0) is 22.2. The summed E-state index contributed by atoms with van der Waals surface area (Å²) in [6.45, 7) is 1.94. The maximum absolute atomic E-state index is 11.9. The first-order chi connectivity index (χ1) is 15.5. The van der Waals surface area contributed by atoms with E-state index in [1.807, 2.05) is 43.3 Å². The Hall–Kier alpha value is -2.88. The van der Waals surface area contributed by atoms with Gasteiger partial charge in [0.15, 0.2) is 4.34 Å². The molecule has 2 aromatic carbocycles. The van der Waals surface area contributed by atoms with Crippen molar-refractivity contribution in [1.29, 1.82) is 0 Å². The molecular formula is C23H22N4O3S2. The quantitative estimate of drug-likeness (QED) is 0.364. The summed E-state index contributed by atoms with van der Waals surface area (Å²) in [6, 6.07) is 13.2. The number of thioether (sulfide) groups is 1. The molecule has 5 rings (SSSR count). The Morgan fingerprint density at radius 2 is 2.12 bits per heavy atom. The van der Waals surface area contributed by atoms with Gasteiger partial charge in [0, 0.05) is 34.3 Å². The third-order valence-electron chi connectivity index (χ3n) is 5.71. The van der Waals surface area contributed by atoms with Gasteiger partial charge in [-0.25, -0.2) is 0 Å². The fourth-order valence-electron chi connectivity index (χ4n) is 4.22. The van der Waals surface area contributed by atoms with E-state index in [2.05, 4.69) is 26.6 Å². The van der Waals surface area contributed by atoms with Gasteiger partial charge in [-0.2, -0.15) is 0 Å². The topological polar surface area (TPSA) is 100 Å². The van der Waals surface area contributed by atoms with Gasteiger partial charge in [-0.3, -0.25) is 10.1 Å². The van der Waals surface area contributed by atoms with E-state index in [0.29, 0.717) is 12.2 Å². The smallest absolute Gasteiger partial charge is 0.321 e. The van der Waals surface area contributed by atoms with Crippen molar-refractivity contribution in [3.05, 3.63) is 69.9 Å². The van der Waals surface area contributed by atoms with Gasteiger partial charge >= 0.3 is 5.97 Å². The molecule has 0 bridgehead atoms. The summed E-state index contributed by atoms with van der Waals surface area (Å²) in [5, 5.41) is 23.4. The first-order valence-electron chi connectivity index (χ1n) is 10.2. The summed E-state index contributed by atoms with van der Waals surface area (Å²) < 4.78 is 6.50. The highest BCUT2D eigenvalue weighted by molar-refractivity contribution is 8.00. The fraction of sp³-hybridized carbons (Fsp3) is 0.261. The van der Waals surface area contributed by atoms with E-state index in [1.165, 1.54) is 0 Å². The number of aromatic nitrogens is 3. The van der Waals surface area contributed by atoms with Crippen molar-refractivity contribution in [2.24, 2.45) is 0 Å². The summed E-state index contributed by atoms with van der Waals surface area (Å²) in [7, 11) is 1.66. The van der Waals surface area contributed by atoms with Crippen LogP contribution < -0.4 is 10.1 Å². The number of nitrogens with zero attached hydrogens (tertiary/aromatic N) is 2. The Balaban J connectivity index is 1.54. The number of H-pyrrole nitrogens is 1. The van der Waals surface area contributed by atoms with Crippen LogP contribution in [0.4, 0.5) is 0 Å². The largest absolute Gasteiger partial charge is 0.496 e. The molecule has 2 atom stereocenters. The molecule has 2 aromatic heterocycles. The number of aromatic amines is 1. The van der Waals surface area contributed by atoms with Crippen LogP contribution >= 0.6 is 23.1 Å². The van der Waals surface area contributed by atoms with Gasteiger partial charge in [0.05, 0.1) is 13.2 Å². The summed E-state index contributed by atoms with van der Waals surface area (Å²) >= 11 is 3.18. The Labute approximate surface area is 193 Å². The predicted octanol–water partition coefficient (Wildman–Crippen LogP) is 4.32. The zero-order valence-electron chi connectivity index (χ0n) is 17.6. The van der Waals surface area contributed by atoms with Crippen LogP contribution in [0.2, 0.25) is 0 Å². The van der Waals surface area contributed by atoms with Crippen LogP contribution in [0.5, 0.6) is 5.75 Å². The number of carboxylic acids is 1. The molecule has 0 saturated heterocycles. The average Bonchev–Trinajstić information content (AvgIpc) is 3.39. The Morgan fingerprint density at radius 3 is 2.88 bits per heavy atom. The molecule has 32 heavy (non-hydrogen) atoms. The first-order valence-corrected chi connectivity index (χ1v) is 12.0. The van der Waals surface area contributed by atoms with Crippen LogP contribution in [0.25, 0.3) is 10.9 Å². The molecule has 0 amide bonds. The van der Waals surface area contributed by atoms with Gasteiger partial charge in [-0.1, -0.05) is 47.4 Å². The second kappa shape index (κ2) is 8.57. The number of nitrogens with one attached hydrogen (secondary N) is 2. The van der Waals surface area contributed by atoms with Crippen molar-refractivity contribution in [3.8, 4) is 5.75 Å². The Morgan fingerprint density at radius 1 is 1.28 bits per heavy atom. The maximum Gasteiger partial charge on any atom is 0.321 e. The Bertz CT molecular complexity index is 1300. The summed E-state index contributed by atoms with van der Waals surface area (Å²) in [4.78, 5) is 15.4. The lowest BCUT2D eigenvalue weighted by atomic mass is 9.90. The number of fused-ring (bicyclic) bond motifs is 3. The molecule has 3 N–H and O–H groups in total. The summed E-state index contributed by atoms with van der Waals surface area (Å²) in [5.41, 5.74) is 5.12. The number of carbonyl (C=O) groups is 1. The molecule has 0 radical (unpaired) electrons. The summed E-state index contributed by atoms with van der Waals surface area (Å²) in [5.74, 6) is 0.632. The van der Waals surface area contributed by atoms with Crippen LogP contribution in [-0.2, 0) is 17.0 Å². The van der Waals surface area contributed by atoms with Crippen LogP contribution in [-0.4, -0.2) is 39.4 Å². The van der Waals surface area contributed by atoms with E-state index in [4.69, 9.17) is 4.74 Å². The molecule has 7 nitrogen and oxygen atoms in total. The second-order valence-corrected chi connectivity index (χ2v) is 10.1. The number of ether oxygens (including phenoxy) is 1. The number of para-hydroxylation sites is 1. The third-order valence-corrected chi connectivity index (χ3v) is 7.73. The van der Waals surface area contributed by atoms with Gasteiger partial charge in [-0.05, 0) is 36.2 Å². The minimum absolute atomic E-state index is 0.259. The van der Waals surface area contributed by atoms with Gasteiger partial charge in [0.1, 0.15) is 16.8 Å². The second-order valence-electron chi connectivity index (χ2n) is 7.70. The molecule has 4 aromatic rings. The first kappa shape index (κ1) is 21.0. The number of methoxy groups -OCH3 is 1. The van der Waals surface area contributed by atoms with Crippen molar-refractivity contribution >= 4 is 40.0 Å². The van der Waals surface area contributed by atoms with E-state index >= 15 is 0 Å². The lowest BCUT2D eigenvalue weighted by molar-refractivity contribution is -0.139. The number of benzene rings is 2. The van der Waals surface area contributed by atoms with Crippen molar-refractivity contribution in [1.82, 2.24) is 20.5 Å². The number of aliphatic carboxylic acids is 1. The number of aryl methyl sites for hydroxylation is 1. The van der Waals surface area contributed by atoms with E-state index in [0.717, 1.165) is 48.4 Å². The molecule has 9 heteroatoms. The minimum atomic E-state index is -0.845. The van der Waals surface area contributed by atoms with Crippen LogP contribution in [0, 0.1) is 6.92 Å². The molecule has 0 saturated carbocycles. The monoisotopic (exact) mass is 466 g/mol. The number of hydrogen-bond donors (Lipinski definition) is 3. The van der Waals surface area contributed by atoms with Crippen molar-refractivity contribution in [3.63, 3.8) is 0 Å². The molecule has 3 heterocycles. The highest BCUT2D eigenvalue weighted by Crippen LogP contribution is 2.37. The SMILES string of the molecule is COc1ccc([C@H]2N[C@@H](C(=O)O)Cc3c2[nH]c2ccccc32)cc1CSc1nnc(C)s1. The van der Waals surface area contributed by atoms with Gasteiger partial charge in [0.2, 0.25) is 0 Å². The lowest BCUT2D eigenvalue weighted by Gasteiger charge is -2.30. The van der Waals surface area contributed by atoms with Crippen LogP contribution in [0.3, 0.4) is 0 Å². The van der Waals surface area contributed by atoms with Crippen molar-refractivity contribution in [2.75, 3.05) is 7.11 Å². The standard InChI is InChI=1S/C23H22N4O3S2/c1-12-26-27-23(32-12)31-11-14-9-13(7-8-19(14)30-2)20-21-16(10-18(25-20)22(28)29)15-5-3-4-6-17(15)24-21/h3-9,18,20,24-25H,10-11H2,1-2H3,(H,28,29)/t18-,20-/m1/s1. The van der Waals surface area contributed by atoms with Gasteiger partial charge in [0.25, 0.3) is 0 Å². The van der Waals surface area contributed by atoms with E-state index in [-0.39, 0.29) is 6.04 Å². The third kappa shape index (κ3) is 3.87. The van der Waals surface area contributed by atoms with Crippen molar-refractivity contribution in [2.45, 2.75) is 35.5 Å². The molecule has 0 aliphatic carbocycles. The highest BCUT2D eigenvalue weighted by Gasteiger charge is 2.34. The molecule has 0 unspecified atom stereocenters. The van der Waals surface area contributed by atoms with Gasteiger partial charge in [-0.15, -0.1) is 10.2 Å². The molecular weight excluding hydrogens is 444 g/mol. The predicted molar refractivity (Wildman–Crippen MR) is 126 cm³/mol. The number of carboxylic acid groups (broad SMARTS) is 1. The fourth-order valence-corrected chi connectivity index (χ4v) is 6.02. The number of rotatable bonds is 6. The maximum atomic E-state index is 11.9. The summed E-state index contributed by atoms with van der Waals surface area (Å²) in [6.07, 6.45) is 0.445.